The molecule has 2 heterocycles. The molecule has 33 heavy (non-hydrogen) atoms. The quantitative estimate of drug-likeness (QED) is 0.627. The van der Waals surface area contributed by atoms with Gasteiger partial charge in [-0.05, 0) is 51.8 Å². The Morgan fingerprint density at radius 2 is 1.97 bits per heavy atom. The predicted molar refractivity (Wildman–Crippen MR) is 129 cm³/mol. The molecule has 1 aliphatic heterocycles. The molecule has 0 radical (unpaired) electrons. The number of aromatic nitrogens is 1. The molecular formula is C25H34N4O4. The molecule has 178 valence electrons. The van der Waals surface area contributed by atoms with Crippen LogP contribution in [0.2, 0.25) is 0 Å². The van der Waals surface area contributed by atoms with Crippen LogP contribution in [-0.2, 0) is 11.3 Å². The molecule has 1 amide bonds. The second kappa shape index (κ2) is 11.1. The number of nitrogens with one attached hydrogen (secondary N) is 1. The van der Waals surface area contributed by atoms with Crippen molar-refractivity contribution >= 4 is 18.1 Å². The van der Waals surface area contributed by atoms with Crippen molar-refractivity contribution in [2.24, 2.45) is 4.99 Å². The monoisotopic (exact) mass is 454 g/mol. The molecule has 0 unspecified atom stereocenters. The average molecular weight is 455 g/mol. The minimum Gasteiger partial charge on any atom is -0.497 e. The smallest absolute Gasteiger partial charge is 0.410 e. The molecule has 1 aromatic carbocycles. The molecule has 3 rings (SSSR count). The first-order valence-electron chi connectivity index (χ1n) is 11.2. The van der Waals surface area contributed by atoms with E-state index in [1.807, 2.05) is 51.1 Å². The SMILES string of the molecule is COc1ccc(C=Nc2ncccc2CNC2CCN(C(=O)OC(C)(C)C)CC2)c(OC)c1. The fourth-order valence-electron chi connectivity index (χ4n) is 3.59. The molecule has 1 fully saturated rings. The van der Waals surface area contributed by atoms with E-state index >= 15 is 0 Å². The van der Waals surface area contributed by atoms with Gasteiger partial charge in [-0.3, -0.25) is 0 Å². The van der Waals surface area contributed by atoms with E-state index in [1.165, 1.54) is 0 Å². The number of ether oxygens (including phenoxy) is 3. The standard InChI is InChI=1S/C25H34N4O4/c1-25(2,3)33-24(30)29-13-10-20(11-14-29)27-17-19-7-6-12-26-23(19)28-16-18-8-9-21(31-4)15-22(18)32-5/h6-9,12,15-16,20,27H,10-11,13-14,17H2,1-5H3. The molecular weight excluding hydrogens is 420 g/mol. The maximum atomic E-state index is 12.3. The lowest BCUT2D eigenvalue weighted by atomic mass is 10.0. The largest absolute Gasteiger partial charge is 0.497 e. The van der Waals surface area contributed by atoms with E-state index in [4.69, 9.17) is 14.2 Å². The second-order valence-corrected chi connectivity index (χ2v) is 8.97. The summed E-state index contributed by atoms with van der Waals surface area (Å²) in [6.45, 7) is 7.68. The Kier molecular flexibility index (Phi) is 8.27. The van der Waals surface area contributed by atoms with Crippen LogP contribution in [0.1, 0.15) is 44.7 Å². The van der Waals surface area contributed by atoms with E-state index in [1.54, 1.807) is 31.5 Å². The van der Waals surface area contributed by atoms with Gasteiger partial charge in [0.2, 0.25) is 0 Å². The van der Waals surface area contributed by atoms with Crippen molar-refractivity contribution in [2.45, 2.75) is 51.8 Å². The second-order valence-electron chi connectivity index (χ2n) is 8.97. The molecule has 1 saturated heterocycles. The summed E-state index contributed by atoms with van der Waals surface area (Å²) >= 11 is 0. The van der Waals surface area contributed by atoms with Crippen molar-refractivity contribution in [1.29, 1.82) is 0 Å². The Morgan fingerprint density at radius 1 is 1.21 bits per heavy atom. The number of nitrogens with zero attached hydrogens (tertiary/aromatic N) is 3. The zero-order valence-electron chi connectivity index (χ0n) is 20.1. The van der Waals surface area contributed by atoms with Gasteiger partial charge < -0.3 is 24.4 Å². The Balaban J connectivity index is 1.58. The van der Waals surface area contributed by atoms with Gasteiger partial charge in [-0.15, -0.1) is 0 Å². The summed E-state index contributed by atoms with van der Waals surface area (Å²) in [6.07, 6.45) is 5.01. The van der Waals surface area contributed by atoms with E-state index in [9.17, 15) is 4.79 Å². The summed E-state index contributed by atoms with van der Waals surface area (Å²) < 4.78 is 16.2. The van der Waals surface area contributed by atoms with Crippen molar-refractivity contribution in [1.82, 2.24) is 15.2 Å². The molecule has 2 aromatic rings. The predicted octanol–water partition coefficient (Wildman–Crippen LogP) is 4.34. The highest BCUT2D eigenvalue weighted by Gasteiger charge is 2.26. The van der Waals surface area contributed by atoms with Crippen molar-refractivity contribution < 1.29 is 19.0 Å². The maximum Gasteiger partial charge on any atom is 0.410 e. The van der Waals surface area contributed by atoms with Gasteiger partial charge in [0.1, 0.15) is 17.1 Å². The number of methoxy groups -OCH3 is 2. The van der Waals surface area contributed by atoms with Crippen LogP contribution in [0.5, 0.6) is 11.5 Å². The van der Waals surface area contributed by atoms with Crippen LogP contribution in [0.4, 0.5) is 10.6 Å². The van der Waals surface area contributed by atoms with Crippen LogP contribution in [-0.4, -0.2) is 61.1 Å². The van der Waals surface area contributed by atoms with Gasteiger partial charge in [0.25, 0.3) is 0 Å². The average Bonchev–Trinajstić information content (AvgIpc) is 2.81. The zero-order chi connectivity index (χ0) is 23.8. The van der Waals surface area contributed by atoms with Gasteiger partial charge in [0, 0.05) is 55.3 Å². The van der Waals surface area contributed by atoms with Crippen molar-refractivity contribution in [2.75, 3.05) is 27.3 Å². The first kappa shape index (κ1) is 24.5. The first-order chi connectivity index (χ1) is 15.8. The lowest BCUT2D eigenvalue weighted by molar-refractivity contribution is 0.0198. The number of amides is 1. The van der Waals surface area contributed by atoms with E-state index in [0.717, 1.165) is 29.7 Å². The summed E-state index contributed by atoms with van der Waals surface area (Å²) in [5.74, 6) is 2.07. The number of piperidine rings is 1. The third kappa shape index (κ3) is 7.18. The third-order valence-electron chi connectivity index (χ3n) is 5.36. The van der Waals surface area contributed by atoms with Crippen LogP contribution >= 0.6 is 0 Å². The Morgan fingerprint density at radius 3 is 2.64 bits per heavy atom. The number of rotatable bonds is 7. The van der Waals surface area contributed by atoms with Crippen LogP contribution in [0.3, 0.4) is 0 Å². The summed E-state index contributed by atoms with van der Waals surface area (Å²) in [6, 6.07) is 9.85. The molecule has 1 aliphatic rings. The van der Waals surface area contributed by atoms with Gasteiger partial charge in [0.05, 0.1) is 14.2 Å². The molecule has 8 heteroatoms. The third-order valence-corrected chi connectivity index (χ3v) is 5.36. The Hall–Kier alpha value is -3.13. The molecule has 1 N–H and O–H groups in total. The lowest BCUT2D eigenvalue weighted by Crippen LogP contribution is -2.46. The maximum absolute atomic E-state index is 12.3. The van der Waals surface area contributed by atoms with Crippen LogP contribution in [0.15, 0.2) is 41.5 Å². The number of hydrogen-bond donors (Lipinski definition) is 1. The normalized spacial score (nSPS) is 15.0. The van der Waals surface area contributed by atoms with E-state index < -0.39 is 5.60 Å². The highest BCUT2D eigenvalue weighted by Crippen LogP contribution is 2.24. The van der Waals surface area contributed by atoms with Crippen LogP contribution in [0, 0.1) is 0 Å². The van der Waals surface area contributed by atoms with Gasteiger partial charge in [-0.2, -0.15) is 0 Å². The highest BCUT2D eigenvalue weighted by atomic mass is 16.6. The number of pyridine rings is 1. The summed E-state index contributed by atoms with van der Waals surface area (Å²) in [7, 11) is 3.24. The minimum atomic E-state index is -0.473. The Labute approximate surface area is 196 Å². The minimum absolute atomic E-state index is 0.237. The fraction of sp³-hybridized carbons (Fsp3) is 0.480. The summed E-state index contributed by atoms with van der Waals surface area (Å²) in [4.78, 5) is 23.1. The zero-order valence-corrected chi connectivity index (χ0v) is 20.1. The van der Waals surface area contributed by atoms with Crippen molar-refractivity contribution in [3.8, 4) is 11.5 Å². The van der Waals surface area contributed by atoms with Crippen LogP contribution in [0.25, 0.3) is 0 Å². The molecule has 0 aliphatic carbocycles. The van der Waals surface area contributed by atoms with Gasteiger partial charge in [-0.1, -0.05) is 6.07 Å². The summed E-state index contributed by atoms with van der Waals surface area (Å²) in [5.41, 5.74) is 1.38. The van der Waals surface area contributed by atoms with Gasteiger partial charge in [-0.25, -0.2) is 14.8 Å². The van der Waals surface area contributed by atoms with Crippen LogP contribution < -0.4 is 14.8 Å². The fourth-order valence-corrected chi connectivity index (χ4v) is 3.59. The molecule has 0 spiro atoms. The van der Waals surface area contributed by atoms with Gasteiger partial charge in [0.15, 0.2) is 5.82 Å². The van der Waals surface area contributed by atoms with Gasteiger partial charge >= 0.3 is 6.09 Å². The lowest BCUT2D eigenvalue weighted by Gasteiger charge is -2.33. The molecule has 0 bridgehead atoms. The number of benzene rings is 1. The summed E-state index contributed by atoms with van der Waals surface area (Å²) in [5, 5.41) is 3.59. The highest BCUT2D eigenvalue weighted by molar-refractivity contribution is 5.85. The number of carbonyl (C=O) groups excluding carboxylic acids is 1. The number of hydrogen-bond acceptors (Lipinski definition) is 7. The van der Waals surface area contributed by atoms with E-state index in [2.05, 4.69) is 15.3 Å². The van der Waals surface area contributed by atoms with Crippen molar-refractivity contribution in [3.63, 3.8) is 0 Å². The van der Waals surface area contributed by atoms with Crippen molar-refractivity contribution in [3.05, 3.63) is 47.7 Å². The molecule has 8 nitrogen and oxygen atoms in total. The first-order valence-corrected chi connectivity index (χ1v) is 11.2. The van der Waals surface area contributed by atoms with E-state index in [-0.39, 0.29) is 6.09 Å². The molecule has 0 saturated carbocycles. The van der Waals surface area contributed by atoms with E-state index in [0.29, 0.717) is 37.2 Å². The molecule has 0 atom stereocenters. The Bertz CT molecular complexity index is 963. The topological polar surface area (TPSA) is 85.3 Å². The molecule has 1 aromatic heterocycles. The number of aliphatic imine (C=N–C) groups is 1. The number of likely N-dealkylation sites (tertiary alicyclic amines) is 1. The number of carbonyl (C=O) groups is 1.